The Morgan fingerprint density at radius 3 is 0.928 bits per heavy atom. The highest BCUT2D eigenvalue weighted by atomic mass is 16.6. The average Bonchev–Trinajstić information content (AvgIpc) is 3.35. The van der Waals surface area contributed by atoms with Crippen LogP contribution < -0.4 is 0 Å². The molecule has 6 nitrogen and oxygen atoms in total. The molecule has 6 heteroatoms. The number of ether oxygens (including phenoxy) is 3. The third-order valence-electron chi connectivity index (χ3n) is 12.0. The Morgan fingerprint density at radius 2 is 0.565 bits per heavy atom. The molecule has 0 N–H and O–H groups in total. The minimum absolute atomic E-state index is 0.0967. The Labute approximate surface area is 426 Å². The molecule has 0 heterocycles. The van der Waals surface area contributed by atoms with Gasteiger partial charge in [0.05, 0.1) is 0 Å². The Bertz CT molecular complexity index is 1380. The summed E-state index contributed by atoms with van der Waals surface area (Å²) >= 11 is 0. The minimum Gasteiger partial charge on any atom is -0.462 e. The van der Waals surface area contributed by atoms with Gasteiger partial charge < -0.3 is 14.2 Å². The van der Waals surface area contributed by atoms with Crippen LogP contribution in [0.5, 0.6) is 0 Å². The van der Waals surface area contributed by atoms with Crippen molar-refractivity contribution in [2.75, 3.05) is 13.2 Å². The summed E-state index contributed by atoms with van der Waals surface area (Å²) in [5.74, 6) is -0.938. The van der Waals surface area contributed by atoms with Crippen LogP contribution in [-0.2, 0) is 28.6 Å². The first-order chi connectivity index (χ1) is 34.0. The first kappa shape index (κ1) is 65.3. The molecular weight excluding hydrogens is 853 g/mol. The zero-order chi connectivity index (χ0) is 50.0. The van der Waals surface area contributed by atoms with Crippen molar-refractivity contribution in [1.82, 2.24) is 0 Å². The molecular formula is C63H106O6. The fraction of sp³-hybridized carbons (Fsp3) is 0.698. The third kappa shape index (κ3) is 55.1. The molecule has 69 heavy (non-hydrogen) atoms. The van der Waals surface area contributed by atoms with E-state index in [1.54, 1.807) is 0 Å². The van der Waals surface area contributed by atoms with Crippen molar-refractivity contribution in [3.63, 3.8) is 0 Å². The number of carbonyl (C=O) groups is 3. The highest BCUT2D eigenvalue weighted by molar-refractivity contribution is 5.71. The molecule has 0 spiro atoms. The van der Waals surface area contributed by atoms with Crippen LogP contribution in [0.4, 0.5) is 0 Å². The highest BCUT2D eigenvalue weighted by Gasteiger charge is 2.19. The van der Waals surface area contributed by atoms with Crippen molar-refractivity contribution in [1.29, 1.82) is 0 Å². The number of unbranched alkanes of at least 4 members (excludes halogenated alkanes) is 24. The molecule has 0 aliphatic carbocycles. The van der Waals surface area contributed by atoms with E-state index >= 15 is 0 Å². The van der Waals surface area contributed by atoms with E-state index in [0.717, 1.165) is 122 Å². The molecule has 0 radical (unpaired) electrons. The number of hydrogen-bond donors (Lipinski definition) is 0. The van der Waals surface area contributed by atoms with Gasteiger partial charge >= 0.3 is 17.9 Å². The van der Waals surface area contributed by atoms with E-state index in [1.807, 2.05) is 0 Å². The lowest BCUT2D eigenvalue weighted by molar-refractivity contribution is -0.167. The van der Waals surface area contributed by atoms with Crippen molar-refractivity contribution in [2.45, 2.75) is 271 Å². The van der Waals surface area contributed by atoms with E-state index in [2.05, 4.69) is 118 Å². The molecule has 0 aromatic rings. The molecule has 394 valence electrons. The van der Waals surface area contributed by atoms with Gasteiger partial charge in [0, 0.05) is 19.3 Å². The van der Waals surface area contributed by atoms with Crippen molar-refractivity contribution in [3.05, 3.63) is 97.2 Å². The predicted octanol–water partition coefficient (Wildman–Crippen LogP) is 19.3. The fourth-order valence-electron chi connectivity index (χ4n) is 7.73. The minimum atomic E-state index is -0.801. The van der Waals surface area contributed by atoms with Gasteiger partial charge in [-0.3, -0.25) is 14.4 Å². The summed E-state index contributed by atoms with van der Waals surface area (Å²) in [7, 11) is 0. The Morgan fingerprint density at radius 1 is 0.304 bits per heavy atom. The van der Waals surface area contributed by atoms with E-state index in [1.165, 1.54) is 103 Å². The number of hydrogen-bond acceptors (Lipinski definition) is 6. The van der Waals surface area contributed by atoms with Gasteiger partial charge in [-0.05, 0) is 122 Å². The maximum atomic E-state index is 12.9. The van der Waals surface area contributed by atoms with Gasteiger partial charge in [0.25, 0.3) is 0 Å². The summed E-state index contributed by atoms with van der Waals surface area (Å²) in [4.78, 5) is 38.2. The maximum absolute atomic E-state index is 12.9. The normalized spacial score (nSPS) is 12.8. The molecule has 0 aromatic heterocycles. The molecule has 0 aliphatic heterocycles. The van der Waals surface area contributed by atoms with Gasteiger partial charge in [-0.25, -0.2) is 0 Å². The number of carbonyl (C=O) groups excluding carboxylic acids is 3. The lowest BCUT2D eigenvalue weighted by Crippen LogP contribution is -2.30. The summed E-state index contributed by atoms with van der Waals surface area (Å²) in [6, 6.07) is 0. The summed E-state index contributed by atoms with van der Waals surface area (Å²) in [6.45, 7) is 6.46. The Kier molecular flexibility index (Phi) is 53.9. The van der Waals surface area contributed by atoms with Crippen LogP contribution in [0.25, 0.3) is 0 Å². The van der Waals surface area contributed by atoms with Crippen LogP contribution in [-0.4, -0.2) is 37.2 Å². The van der Waals surface area contributed by atoms with E-state index in [-0.39, 0.29) is 31.1 Å². The van der Waals surface area contributed by atoms with E-state index in [0.29, 0.717) is 19.3 Å². The summed E-state index contributed by atoms with van der Waals surface area (Å²) < 4.78 is 16.8. The smallest absolute Gasteiger partial charge is 0.306 e. The molecule has 0 saturated heterocycles. The van der Waals surface area contributed by atoms with Crippen molar-refractivity contribution >= 4 is 17.9 Å². The summed E-state index contributed by atoms with van der Waals surface area (Å²) in [5.41, 5.74) is 0. The summed E-state index contributed by atoms with van der Waals surface area (Å²) in [5, 5.41) is 0. The second-order valence-electron chi connectivity index (χ2n) is 18.8. The number of esters is 3. The standard InChI is InChI=1S/C63H106O6/c1-4-7-10-13-16-19-22-25-28-30-31-33-35-38-41-44-47-50-53-56-62(65)68-59-60(58-67-61(64)55-52-49-46-43-40-37-34-27-24-21-18-15-12-9-6-3)69-63(66)57-54-51-48-45-42-39-36-32-29-26-23-20-17-14-11-8-5-2/h8,11,16-17,19-20,25-29,31,33-34,36,39,60H,4-7,9-10,12-15,18,21-24,30,32,35,37-38,40-59H2,1-3H3/b11-8-,19-16-,20-17-,28-25-,29-26-,33-31-,34-27-,39-36-. The summed E-state index contributed by atoms with van der Waals surface area (Å²) in [6.07, 6.45) is 75.3. The van der Waals surface area contributed by atoms with Gasteiger partial charge in [-0.2, -0.15) is 0 Å². The molecule has 0 fully saturated rings. The van der Waals surface area contributed by atoms with E-state index in [9.17, 15) is 14.4 Å². The van der Waals surface area contributed by atoms with E-state index in [4.69, 9.17) is 14.2 Å². The van der Waals surface area contributed by atoms with Crippen LogP contribution >= 0.6 is 0 Å². The van der Waals surface area contributed by atoms with Crippen LogP contribution in [0.1, 0.15) is 265 Å². The monoisotopic (exact) mass is 959 g/mol. The Balaban J connectivity index is 4.47. The quantitative estimate of drug-likeness (QED) is 0.0262. The predicted molar refractivity (Wildman–Crippen MR) is 297 cm³/mol. The van der Waals surface area contributed by atoms with Gasteiger partial charge in [0.1, 0.15) is 13.2 Å². The van der Waals surface area contributed by atoms with Crippen molar-refractivity contribution in [3.8, 4) is 0 Å². The van der Waals surface area contributed by atoms with Gasteiger partial charge in [-0.1, -0.05) is 221 Å². The second kappa shape index (κ2) is 56.9. The molecule has 0 saturated carbocycles. The maximum Gasteiger partial charge on any atom is 0.306 e. The topological polar surface area (TPSA) is 78.9 Å². The molecule has 0 amide bonds. The largest absolute Gasteiger partial charge is 0.462 e. The number of rotatable bonds is 51. The van der Waals surface area contributed by atoms with Gasteiger partial charge in [0.15, 0.2) is 6.10 Å². The second-order valence-corrected chi connectivity index (χ2v) is 18.8. The van der Waals surface area contributed by atoms with Crippen molar-refractivity contribution in [2.24, 2.45) is 0 Å². The molecule has 0 rings (SSSR count). The zero-order valence-corrected chi connectivity index (χ0v) is 45.0. The van der Waals surface area contributed by atoms with Crippen LogP contribution in [0.2, 0.25) is 0 Å². The first-order valence-electron chi connectivity index (χ1n) is 28.7. The molecule has 0 aliphatic rings. The first-order valence-corrected chi connectivity index (χ1v) is 28.7. The fourth-order valence-corrected chi connectivity index (χ4v) is 7.73. The van der Waals surface area contributed by atoms with Crippen LogP contribution in [0.3, 0.4) is 0 Å². The molecule has 1 unspecified atom stereocenters. The van der Waals surface area contributed by atoms with Crippen LogP contribution in [0, 0.1) is 0 Å². The molecule has 1 atom stereocenters. The zero-order valence-electron chi connectivity index (χ0n) is 45.0. The Hall–Kier alpha value is -3.67. The lowest BCUT2D eigenvalue weighted by atomic mass is 10.1. The van der Waals surface area contributed by atoms with Crippen molar-refractivity contribution < 1.29 is 28.6 Å². The third-order valence-corrected chi connectivity index (χ3v) is 12.0. The average molecular weight is 960 g/mol. The van der Waals surface area contributed by atoms with Crippen LogP contribution in [0.15, 0.2) is 97.2 Å². The lowest BCUT2D eigenvalue weighted by Gasteiger charge is -2.18. The van der Waals surface area contributed by atoms with Gasteiger partial charge in [0.2, 0.25) is 0 Å². The molecule has 0 aromatic carbocycles. The SMILES string of the molecule is CC/C=C\C/C=C\C/C=C\C/C=C\CCCCCCC(=O)OC(COC(=O)CCCCCCC/C=C\CCCCCCCC)COC(=O)CCCCCCCC/C=C\C/C=C\C/C=C\CCCCC. The van der Waals surface area contributed by atoms with Gasteiger partial charge in [-0.15, -0.1) is 0 Å². The number of allylic oxidation sites excluding steroid dienone is 16. The molecule has 0 bridgehead atoms. The van der Waals surface area contributed by atoms with E-state index < -0.39 is 6.10 Å². The highest BCUT2D eigenvalue weighted by Crippen LogP contribution is 2.14.